The molecule has 2 aromatic rings. The summed E-state index contributed by atoms with van der Waals surface area (Å²) in [5.74, 6) is -1.19. The molecule has 0 aliphatic rings. The first kappa shape index (κ1) is 11.4. The van der Waals surface area contributed by atoms with Crippen molar-refractivity contribution in [2.24, 2.45) is 0 Å². The van der Waals surface area contributed by atoms with E-state index in [0.29, 0.717) is 5.56 Å². The van der Waals surface area contributed by atoms with E-state index < -0.39 is 11.5 Å². The fourth-order valence-electron chi connectivity index (χ4n) is 2.18. The Hall–Kier alpha value is -2.10. The number of hydrogen-bond acceptors (Lipinski definition) is 2. The maximum Gasteiger partial charge on any atom is 0.341 e. The third-order valence-electron chi connectivity index (χ3n) is 3.05. The molecule has 1 aromatic carbocycles. The Morgan fingerprint density at radius 1 is 1.18 bits per heavy atom. The van der Waals surface area contributed by atoms with Gasteiger partial charge in [-0.2, -0.15) is 0 Å². The predicted octanol–water partition coefficient (Wildman–Crippen LogP) is 2.15. The van der Waals surface area contributed by atoms with Gasteiger partial charge in [-0.05, 0) is 37.5 Å². The van der Waals surface area contributed by atoms with Gasteiger partial charge < -0.3 is 10.1 Å². The number of rotatable bonds is 1. The van der Waals surface area contributed by atoms with Gasteiger partial charge in [0.05, 0.1) is 5.52 Å². The van der Waals surface area contributed by atoms with E-state index in [4.69, 9.17) is 5.11 Å². The smallest absolute Gasteiger partial charge is 0.341 e. The van der Waals surface area contributed by atoms with Crippen LogP contribution in [0.4, 0.5) is 0 Å². The fraction of sp³-hybridized carbons (Fsp3) is 0.231. The second-order valence-corrected chi connectivity index (χ2v) is 4.21. The van der Waals surface area contributed by atoms with Gasteiger partial charge in [-0.15, -0.1) is 0 Å². The summed E-state index contributed by atoms with van der Waals surface area (Å²) in [6, 6.07) is 3.84. The zero-order chi connectivity index (χ0) is 12.7. The summed E-state index contributed by atoms with van der Waals surface area (Å²) >= 11 is 0. The van der Waals surface area contributed by atoms with Crippen LogP contribution < -0.4 is 5.56 Å². The number of pyridine rings is 1. The third kappa shape index (κ3) is 1.62. The molecule has 2 N–H and O–H groups in total. The van der Waals surface area contributed by atoms with Gasteiger partial charge in [0.2, 0.25) is 0 Å². The maximum absolute atomic E-state index is 11.7. The molecule has 0 unspecified atom stereocenters. The number of H-pyrrole nitrogens is 1. The second-order valence-electron chi connectivity index (χ2n) is 4.21. The highest BCUT2D eigenvalue weighted by atomic mass is 16.4. The first-order chi connectivity index (χ1) is 7.93. The van der Waals surface area contributed by atoms with Crippen molar-refractivity contribution in [2.45, 2.75) is 20.8 Å². The molecule has 0 fully saturated rings. The standard InChI is InChI=1S/C13H13NO3/c1-6-4-5-7(2)11-9(6)8(3)10(13(16)17)12(15)14-11/h4-5H,1-3H3,(H,14,15)(H,16,17). The maximum atomic E-state index is 11.7. The van der Waals surface area contributed by atoms with Gasteiger partial charge in [0.25, 0.3) is 5.56 Å². The minimum Gasteiger partial charge on any atom is -0.477 e. The molecule has 1 aromatic heterocycles. The number of aryl methyl sites for hydroxylation is 3. The van der Waals surface area contributed by atoms with Crippen molar-refractivity contribution in [1.29, 1.82) is 0 Å². The van der Waals surface area contributed by atoms with Crippen LogP contribution in [0.5, 0.6) is 0 Å². The Kier molecular flexibility index (Phi) is 2.50. The van der Waals surface area contributed by atoms with E-state index >= 15 is 0 Å². The van der Waals surface area contributed by atoms with Crippen LogP contribution in [0.1, 0.15) is 27.0 Å². The lowest BCUT2D eigenvalue weighted by Crippen LogP contribution is -2.20. The molecule has 1 heterocycles. The van der Waals surface area contributed by atoms with Gasteiger partial charge in [0.1, 0.15) is 5.56 Å². The number of carboxylic acids is 1. The molecule has 0 spiro atoms. The zero-order valence-corrected chi connectivity index (χ0v) is 9.92. The van der Waals surface area contributed by atoms with Crippen LogP contribution in [-0.2, 0) is 0 Å². The van der Waals surface area contributed by atoms with E-state index in [9.17, 15) is 9.59 Å². The van der Waals surface area contributed by atoms with Crippen molar-refractivity contribution in [3.8, 4) is 0 Å². The Bertz CT molecular complexity index is 683. The van der Waals surface area contributed by atoms with Crippen molar-refractivity contribution in [3.63, 3.8) is 0 Å². The van der Waals surface area contributed by atoms with Crippen molar-refractivity contribution >= 4 is 16.9 Å². The molecule has 0 atom stereocenters. The molecular weight excluding hydrogens is 218 g/mol. The summed E-state index contributed by atoms with van der Waals surface area (Å²) in [7, 11) is 0. The molecule has 0 amide bonds. The van der Waals surface area contributed by atoms with Gasteiger partial charge in [-0.3, -0.25) is 4.79 Å². The molecular formula is C13H13NO3. The quantitative estimate of drug-likeness (QED) is 0.790. The summed E-state index contributed by atoms with van der Waals surface area (Å²) in [5, 5.41) is 9.87. The Morgan fingerprint density at radius 2 is 1.76 bits per heavy atom. The fourth-order valence-corrected chi connectivity index (χ4v) is 2.18. The first-order valence-corrected chi connectivity index (χ1v) is 5.29. The van der Waals surface area contributed by atoms with Gasteiger partial charge >= 0.3 is 5.97 Å². The Morgan fingerprint density at radius 3 is 2.35 bits per heavy atom. The second kappa shape index (κ2) is 3.73. The highest BCUT2D eigenvalue weighted by molar-refractivity contribution is 5.97. The third-order valence-corrected chi connectivity index (χ3v) is 3.05. The average molecular weight is 231 g/mol. The number of aromatic nitrogens is 1. The average Bonchev–Trinajstić information content (AvgIpc) is 2.22. The van der Waals surface area contributed by atoms with Crippen molar-refractivity contribution in [1.82, 2.24) is 4.98 Å². The predicted molar refractivity (Wildman–Crippen MR) is 65.7 cm³/mol. The molecule has 0 saturated carbocycles. The van der Waals surface area contributed by atoms with Crippen molar-refractivity contribution in [2.75, 3.05) is 0 Å². The number of fused-ring (bicyclic) bond motifs is 1. The summed E-state index contributed by atoms with van der Waals surface area (Å²) in [6.07, 6.45) is 0. The summed E-state index contributed by atoms with van der Waals surface area (Å²) in [4.78, 5) is 25.4. The zero-order valence-electron chi connectivity index (χ0n) is 9.92. The molecule has 4 nitrogen and oxygen atoms in total. The molecule has 0 saturated heterocycles. The number of carbonyl (C=O) groups is 1. The molecule has 0 aliphatic carbocycles. The molecule has 17 heavy (non-hydrogen) atoms. The van der Waals surface area contributed by atoms with E-state index in [2.05, 4.69) is 4.98 Å². The van der Waals surface area contributed by atoms with Crippen LogP contribution in [0.25, 0.3) is 10.9 Å². The van der Waals surface area contributed by atoms with E-state index in [-0.39, 0.29) is 5.56 Å². The first-order valence-electron chi connectivity index (χ1n) is 5.29. The number of benzene rings is 1. The van der Waals surface area contributed by atoms with E-state index in [1.807, 2.05) is 26.0 Å². The van der Waals surface area contributed by atoms with Gasteiger partial charge in [-0.1, -0.05) is 12.1 Å². The summed E-state index contributed by atoms with van der Waals surface area (Å²) in [6.45, 7) is 5.46. The molecule has 0 aliphatic heterocycles. The lowest BCUT2D eigenvalue weighted by atomic mass is 9.98. The van der Waals surface area contributed by atoms with Crippen molar-refractivity contribution in [3.05, 3.63) is 44.7 Å². The van der Waals surface area contributed by atoms with Crippen LogP contribution in [0, 0.1) is 20.8 Å². The number of aromatic amines is 1. The van der Waals surface area contributed by atoms with Crippen LogP contribution in [0.3, 0.4) is 0 Å². The number of hydrogen-bond donors (Lipinski definition) is 2. The van der Waals surface area contributed by atoms with Crippen LogP contribution in [0.15, 0.2) is 16.9 Å². The van der Waals surface area contributed by atoms with Gasteiger partial charge in [-0.25, -0.2) is 4.79 Å². The minimum absolute atomic E-state index is 0.175. The van der Waals surface area contributed by atoms with E-state index in [0.717, 1.165) is 22.0 Å². The lowest BCUT2D eigenvalue weighted by molar-refractivity contribution is 0.0694. The Balaban J connectivity index is 3.08. The summed E-state index contributed by atoms with van der Waals surface area (Å²) < 4.78 is 0. The van der Waals surface area contributed by atoms with Crippen molar-refractivity contribution < 1.29 is 9.90 Å². The van der Waals surface area contributed by atoms with Crippen LogP contribution in [0.2, 0.25) is 0 Å². The van der Waals surface area contributed by atoms with E-state index in [1.165, 1.54) is 0 Å². The molecule has 4 heteroatoms. The van der Waals surface area contributed by atoms with Crippen LogP contribution in [-0.4, -0.2) is 16.1 Å². The van der Waals surface area contributed by atoms with E-state index in [1.54, 1.807) is 6.92 Å². The monoisotopic (exact) mass is 231 g/mol. The number of aromatic carboxylic acids is 1. The van der Waals surface area contributed by atoms with Crippen LogP contribution >= 0.6 is 0 Å². The molecule has 0 radical (unpaired) electrons. The summed E-state index contributed by atoms with van der Waals surface area (Å²) in [5.41, 5.74) is 2.42. The topological polar surface area (TPSA) is 70.2 Å². The highest BCUT2D eigenvalue weighted by Crippen LogP contribution is 2.23. The molecule has 2 rings (SSSR count). The lowest BCUT2D eigenvalue weighted by Gasteiger charge is -2.10. The number of nitrogens with one attached hydrogen (secondary N) is 1. The highest BCUT2D eigenvalue weighted by Gasteiger charge is 2.17. The van der Waals surface area contributed by atoms with Gasteiger partial charge in [0.15, 0.2) is 0 Å². The largest absolute Gasteiger partial charge is 0.477 e. The normalized spacial score (nSPS) is 10.8. The Labute approximate surface area is 97.9 Å². The molecule has 0 bridgehead atoms. The SMILES string of the molecule is Cc1ccc(C)c2c(C)c(C(=O)O)c(=O)[nH]c12. The number of carboxylic acid groups (broad SMARTS) is 1. The molecule has 88 valence electrons. The minimum atomic E-state index is -1.19. The van der Waals surface area contributed by atoms with Gasteiger partial charge in [0, 0.05) is 5.39 Å².